The predicted octanol–water partition coefficient (Wildman–Crippen LogP) is 7.42. The molecule has 0 amide bonds. The molecule has 0 fully saturated rings. The molecule has 0 unspecified atom stereocenters. The van der Waals surface area contributed by atoms with Crippen LogP contribution in [-0.4, -0.2) is 0 Å². The zero-order valence-electron chi connectivity index (χ0n) is 23.7. The molecule has 0 spiro atoms. The van der Waals surface area contributed by atoms with Crippen molar-refractivity contribution in [1.82, 2.24) is 0 Å². The van der Waals surface area contributed by atoms with Crippen molar-refractivity contribution >= 4 is 40.8 Å². The lowest BCUT2D eigenvalue weighted by molar-refractivity contribution is 0.308. The van der Waals surface area contributed by atoms with Crippen LogP contribution < -0.4 is 31.3 Å². The third kappa shape index (κ3) is 5.93. The number of hydrogen-bond donors (Lipinski definition) is 0. The Labute approximate surface area is 253 Å². The second-order valence-electron chi connectivity index (χ2n) is 10.4. The molecule has 43 heavy (non-hydrogen) atoms. The van der Waals surface area contributed by atoms with Crippen LogP contribution >= 0.6 is 14.3 Å². The van der Waals surface area contributed by atoms with Crippen LogP contribution in [0.1, 0.15) is 11.1 Å². The Balaban J connectivity index is 1.36. The molecular weight excluding hydrogens is 566 g/mol. The van der Waals surface area contributed by atoms with Crippen LogP contribution in [0.2, 0.25) is 0 Å². The molecule has 0 bridgehead atoms. The highest BCUT2D eigenvalue weighted by atomic mass is 31.2. The lowest BCUT2D eigenvalue weighted by Crippen LogP contribution is -2.26. The van der Waals surface area contributed by atoms with E-state index in [9.17, 15) is 4.57 Å². The number of ether oxygens (including phenoxy) is 1. The van der Waals surface area contributed by atoms with Crippen LogP contribution in [0.15, 0.2) is 170 Å². The third-order valence-electron chi connectivity index (χ3n) is 7.69. The summed E-state index contributed by atoms with van der Waals surface area (Å²) >= 11 is 0. The molecule has 0 aromatic heterocycles. The summed E-state index contributed by atoms with van der Waals surface area (Å²) in [5.74, 6) is 0.572. The highest BCUT2D eigenvalue weighted by Crippen LogP contribution is 2.48. The largest absolute Gasteiger partial charge is 0.488 e. The SMILES string of the molecule is O=P(Cc1ccccc1COc1ccccc1P(=O)(c1ccccc1)c1ccccc1)(c1ccccc1)c1ccccc1. The van der Waals surface area contributed by atoms with E-state index < -0.39 is 14.3 Å². The van der Waals surface area contributed by atoms with Crippen LogP contribution in [0, 0.1) is 0 Å². The molecule has 0 aliphatic rings. The fourth-order valence-corrected chi connectivity index (χ4v) is 11.0. The van der Waals surface area contributed by atoms with Crippen molar-refractivity contribution in [2.75, 3.05) is 0 Å². The summed E-state index contributed by atoms with van der Waals surface area (Å²) < 4.78 is 36.5. The van der Waals surface area contributed by atoms with Gasteiger partial charge < -0.3 is 13.9 Å². The van der Waals surface area contributed by atoms with Gasteiger partial charge in [-0.15, -0.1) is 0 Å². The number of hydrogen-bond acceptors (Lipinski definition) is 3. The second kappa shape index (κ2) is 12.8. The van der Waals surface area contributed by atoms with Gasteiger partial charge in [-0.1, -0.05) is 158 Å². The topological polar surface area (TPSA) is 43.4 Å². The summed E-state index contributed by atoms with van der Waals surface area (Å²) in [6.45, 7) is 0.250. The Kier molecular flexibility index (Phi) is 8.57. The molecule has 6 aromatic carbocycles. The maximum atomic E-state index is 15.1. The summed E-state index contributed by atoms with van der Waals surface area (Å²) in [6, 6.07) is 54.3. The van der Waals surface area contributed by atoms with Gasteiger partial charge in [0.1, 0.15) is 19.5 Å². The second-order valence-corrected chi connectivity index (χ2v) is 15.9. The van der Waals surface area contributed by atoms with E-state index in [0.717, 1.165) is 32.3 Å². The maximum absolute atomic E-state index is 15.1. The highest BCUT2D eigenvalue weighted by Gasteiger charge is 2.33. The number of rotatable bonds is 10. The third-order valence-corrected chi connectivity index (χ3v) is 13.8. The lowest BCUT2D eigenvalue weighted by Gasteiger charge is -2.23. The van der Waals surface area contributed by atoms with Crippen LogP contribution in [-0.2, 0) is 21.9 Å². The Morgan fingerprint density at radius 3 is 1.33 bits per heavy atom. The van der Waals surface area contributed by atoms with Crippen molar-refractivity contribution in [3.63, 3.8) is 0 Å². The first-order valence-electron chi connectivity index (χ1n) is 14.3. The van der Waals surface area contributed by atoms with Gasteiger partial charge in [0.05, 0.1) is 5.30 Å². The minimum absolute atomic E-state index is 0.250. The van der Waals surface area contributed by atoms with Gasteiger partial charge in [-0.3, -0.25) is 0 Å². The van der Waals surface area contributed by atoms with Gasteiger partial charge >= 0.3 is 0 Å². The average molecular weight is 599 g/mol. The molecule has 0 N–H and O–H groups in total. The zero-order chi connectivity index (χ0) is 29.5. The molecule has 3 nitrogen and oxygen atoms in total. The van der Waals surface area contributed by atoms with Crippen LogP contribution in [0.25, 0.3) is 0 Å². The normalized spacial score (nSPS) is 11.6. The van der Waals surface area contributed by atoms with Crippen molar-refractivity contribution in [3.8, 4) is 5.75 Å². The van der Waals surface area contributed by atoms with E-state index in [2.05, 4.69) is 0 Å². The van der Waals surface area contributed by atoms with Gasteiger partial charge in [0.2, 0.25) is 0 Å². The molecule has 6 rings (SSSR count). The van der Waals surface area contributed by atoms with Crippen LogP contribution in [0.5, 0.6) is 5.75 Å². The van der Waals surface area contributed by atoms with E-state index in [0.29, 0.717) is 17.2 Å². The smallest absolute Gasteiger partial charge is 0.174 e. The standard InChI is InChI=1S/C38H32O3P2/c39-42(33-19-5-1-6-20-33,34-21-7-2-8-22-34)30-32-18-14-13-17-31(32)29-41-37-27-15-16-28-38(37)43(40,35-23-9-3-10-24-35)36-25-11-4-12-26-36/h1-28H,29-30H2. The molecule has 6 aromatic rings. The average Bonchev–Trinajstić information content (AvgIpc) is 3.09. The van der Waals surface area contributed by atoms with E-state index in [1.807, 2.05) is 170 Å². The van der Waals surface area contributed by atoms with Crippen molar-refractivity contribution < 1.29 is 13.9 Å². The molecule has 0 aliphatic heterocycles. The summed E-state index contributed by atoms with van der Waals surface area (Å²) in [7, 11) is -6.22. The molecule has 0 saturated carbocycles. The number of para-hydroxylation sites is 1. The summed E-state index contributed by atoms with van der Waals surface area (Å²) in [4.78, 5) is 0. The molecule has 0 saturated heterocycles. The summed E-state index contributed by atoms with van der Waals surface area (Å²) in [6.07, 6.45) is 0.370. The molecule has 0 radical (unpaired) electrons. The Morgan fingerprint density at radius 2 is 0.814 bits per heavy atom. The van der Waals surface area contributed by atoms with E-state index in [1.165, 1.54) is 0 Å². The van der Waals surface area contributed by atoms with Crippen molar-refractivity contribution in [2.24, 2.45) is 0 Å². The fraction of sp³-hybridized carbons (Fsp3) is 0.0526. The van der Waals surface area contributed by atoms with Gasteiger partial charge in [0.25, 0.3) is 0 Å². The summed E-state index contributed by atoms with van der Waals surface area (Å²) in [5.41, 5.74) is 1.91. The van der Waals surface area contributed by atoms with E-state index in [1.54, 1.807) is 0 Å². The van der Waals surface area contributed by atoms with Crippen molar-refractivity contribution in [1.29, 1.82) is 0 Å². The minimum atomic E-state index is -3.23. The minimum Gasteiger partial charge on any atom is -0.488 e. The molecule has 0 atom stereocenters. The lowest BCUT2D eigenvalue weighted by atomic mass is 10.1. The highest BCUT2D eigenvalue weighted by molar-refractivity contribution is 7.85. The molecule has 212 valence electrons. The Hall–Kier alpha value is -4.42. The molecule has 5 heteroatoms. The summed E-state index contributed by atoms with van der Waals surface area (Å²) in [5, 5.41) is 3.82. The first-order valence-corrected chi connectivity index (χ1v) is 17.9. The Bertz CT molecular complexity index is 1800. The fourth-order valence-electron chi connectivity index (χ4n) is 5.46. The van der Waals surface area contributed by atoms with Gasteiger partial charge in [-0.2, -0.15) is 0 Å². The first-order chi connectivity index (χ1) is 21.1. The van der Waals surface area contributed by atoms with Gasteiger partial charge in [0.15, 0.2) is 7.14 Å². The zero-order valence-corrected chi connectivity index (χ0v) is 25.5. The van der Waals surface area contributed by atoms with Gasteiger partial charge in [-0.25, -0.2) is 0 Å². The van der Waals surface area contributed by atoms with E-state index in [-0.39, 0.29) is 6.61 Å². The van der Waals surface area contributed by atoms with E-state index in [4.69, 9.17) is 4.74 Å². The van der Waals surface area contributed by atoms with Crippen LogP contribution in [0.4, 0.5) is 0 Å². The van der Waals surface area contributed by atoms with E-state index >= 15 is 4.57 Å². The maximum Gasteiger partial charge on any atom is 0.174 e. The Morgan fingerprint density at radius 1 is 0.419 bits per heavy atom. The molecular formula is C38H32O3P2. The van der Waals surface area contributed by atoms with Crippen molar-refractivity contribution in [3.05, 3.63) is 181 Å². The van der Waals surface area contributed by atoms with Gasteiger partial charge in [-0.05, 0) is 23.3 Å². The van der Waals surface area contributed by atoms with Crippen LogP contribution in [0.3, 0.4) is 0 Å². The quantitative estimate of drug-likeness (QED) is 0.154. The first kappa shape index (κ1) is 28.7. The van der Waals surface area contributed by atoms with Crippen molar-refractivity contribution in [2.45, 2.75) is 12.8 Å². The molecule has 0 heterocycles. The molecule has 0 aliphatic carbocycles. The number of benzene rings is 6. The van der Waals surface area contributed by atoms with Gasteiger partial charge in [0, 0.05) is 27.4 Å². The monoisotopic (exact) mass is 598 g/mol. The predicted molar refractivity (Wildman–Crippen MR) is 180 cm³/mol.